The minimum absolute atomic E-state index is 0.134. The molecule has 4 saturated carbocycles. The molecule has 0 bridgehead atoms. The minimum atomic E-state index is -4.67. The number of fused-ring (bicyclic) bond motifs is 5. The second-order valence-corrected chi connectivity index (χ2v) is 15.4. The Morgan fingerprint density at radius 3 is 2.36 bits per heavy atom. The van der Waals surface area contributed by atoms with E-state index in [1.54, 1.807) is 6.92 Å². The third kappa shape index (κ3) is 5.58. The second-order valence-electron chi connectivity index (χ2n) is 15.4. The third-order valence-corrected chi connectivity index (χ3v) is 13.0. The molecule has 238 valence electrons. The lowest BCUT2D eigenvalue weighted by Gasteiger charge is -2.61. The second kappa shape index (κ2) is 11.8. The molecule has 0 amide bonds. The predicted octanol–water partition coefficient (Wildman–Crippen LogP) is 10.0. The summed E-state index contributed by atoms with van der Waals surface area (Å²) in [6, 6.07) is 3.04. The molecule has 0 aromatic heterocycles. The van der Waals surface area contributed by atoms with Gasteiger partial charge in [0.15, 0.2) is 0 Å². The van der Waals surface area contributed by atoms with Gasteiger partial charge in [0, 0.05) is 11.4 Å². The van der Waals surface area contributed by atoms with E-state index in [1.165, 1.54) is 64.2 Å². The van der Waals surface area contributed by atoms with Crippen molar-refractivity contribution in [2.24, 2.45) is 52.3 Å². The van der Waals surface area contributed by atoms with Gasteiger partial charge in [0.05, 0.1) is 12.2 Å². The number of anilines is 2. The van der Waals surface area contributed by atoms with E-state index in [4.69, 9.17) is 11.5 Å². The van der Waals surface area contributed by atoms with Crippen LogP contribution in [0.3, 0.4) is 0 Å². The first kappa shape index (κ1) is 31.9. The summed E-state index contributed by atoms with van der Waals surface area (Å²) in [6.07, 6.45) is 11.9. The molecule has 1 aromatic carbocycles. The normalized spacial score (nSPS) is 36.5. The van der Waals surface area contributed by atoms with Crippen LogP contribution < -0.4 is 11.5 Å². The van der Waals surface area contributed by atoms with Crippen LogP contribution in [0.2, 0.25) is 0 Å². The molecule has 1 aromatic rings. The number of rotatable bonds is 10. The van der Waals surface area contributed by atoms with E-state index in [-0.39, 0.29) is 11.6 Å². The van der Waals surface area contributed by atoms with Gasteiger partial charge in [0.2, 0.25) is 0 Å². The Balaban J connectivity index is 1.11. The van der Waals surface area contributed by atoms with Crippen LogP contribution in [0.25, 0.3) is 0 Å². The Labute approximate surface area is 250 Å². The lowest BCUT2D eigenvalue weighted by Crippen LogP contribution is -2.53. The van der Waals surface area contributed by atoms with Crippen molar-refractivity contribution in [3.05, 3.63) is 23.8 Å². The molecule has 0 saturated heterocycles. The maximum Gasteiger partial charge on any atom is 0.424 e. The molecule has 3 nitrogen and oxygen atoms in total. The highest BCUT2D eigenvalue weighted by Gasteiger charge is 2.61. The zero-order valence-electron chi connectivity index (χ0n) is 26.2. The van der Waals surface area contributed by atoms with Crippen molar-refractivity contribution in [1.82, 2.24) is 0 Å². The molecule has 0 radical (unpaired) electrons. The van der Waals surface area contributed by atoms with Crippen molar-refractivity contribution >= 4 is 11.4 Å². The van der Waals surface area contributed by atoms with E-state index in [0.29, 0.717) is 29.1 Å². The first-order chi connectivity index (χ1) is 19.7. The molecule has 4 aliphatic carbocycles. The van der Waals surface area contributed by atoms with E-state index in [1.807, 2.05) is 0 Å². The van der Waals surface area contributed by atoms with Crippen molar-refractivity contribution in [2.45, 2.75) is 123 Å². The van der Waals surface area contributed by atoms with Gasteiger partial charge >= 0.3 is 12.0 Å². The van der Waals surface area contributed by atoms with Crippen LogP contribution in [-0.2, 0) is 10.7 Å². The SMILES string of the molecule is CC(CCC[C@@H](C)[C@H]1CC[C@H]2[C@@H]3CCC4CCCC[C@]4(C)[C@H]3CC[C@]12C)COC(F)(F)C(F)(F)c1ccc(N)cc1N. The largest absolute Gasteiger partial charge is 0.424 e. The van der Waals surface area contributed by atoms with Crippen LogP contribution in [-0.4, -0.2) is 12.7 Å². The maximum atomic E-state index is 14.7. The van der Waals surface area contributed by atoms with Gasteiger partial charge in [-0.05, 0) is 128 Å². The molecule has 7 heteroatoms. The van der Waals surface area contributed by atoms with E-state index < -0.39 is 29.9 Å². The standard InChI is InChI=1S/C35H54F4N2O/c1-22(21-42-35(38,39)34(36,37)30-14-12-25(40)20-31(30)41)8-7-9-23(2)27-15-16-28-26-13-11-24-10-5-6-18-32(24,3)29(26)17-19-33(27,28)4/h12,14,20,22-24,26-29H,5-11,13,15-19,21,40-41H2,1-4H3/t22?,23-,24?,26+,27-,28+,29+,32+,33-/m1/s1. The van der Waals surface area contributed by atoms with Gasteiger partial charge in [-0.3, -0.25) is 0 Å². The molecule has 5 rings (SSSR count). The number of nitrogens with two attached hydrogens (primary N) is 2. The summed E-state index contributed by atoms with van der Waals surface area (Å²) in [6.45, 7) is 8.98. The van der Waals surface area contributed by atoms with Crippen LogP contribution in [0.1, 0.15) is 117 Å². The Hall–Kier alpha value is -1.50. The Kier molecular flexibility index (Phi) is 8.95. The molecule has 9 atom stereocenters. The predicted molar refractivity (Wildman–Crippen MR) is 162 cm³/mol. The van der Waals surface area contributed by atoms with Gasteiger partial charge in [0.25, 0.3) is 0 Å². The Morgan fingerprint density at radius 2 is 1.62 bits per heavy atom. The smallest absolute Gasteiger partial charge is 0.399 e. The van der Waals surface area contributed by atoms with E-state index >= 15 is 0 Å². The molecule has 2 unspecified atom stereocenters. The minimum Gasteiger partial charge on any atom is -0.399 e. The molecular formula is C35H54F4N2O. The van der Waals surface area contributed by atoms with Crippen LogP contribution in [0.5, 0.6) is 0 Å². The number of hydrogen-bond acceptors (Lipinski definition) is 3. The van der Waals surface area contributed by atoms with Gasteiger partial charge in [-0.15, -0.1) is 0 Å². The van der Waals surface area contributed by atoms with Crippen LogP contribution in [0, 0.1) is 52.3 Å². The zero-order valence-corrected chi connectivity index (χ0v) is 26.2. The van der Waals surface area contributed by atoms with Gasteiger partial charge < -0.3 is 16.2 Å². The van der Waals surface area contributed by atoms with Crippen molar-refractivity contribution in [2.75, 3.05) is 18.1 Å². The number of ether oxygens (including phenoxy) is 1. The van der Waals surface area contributed by atoms with E-state index in [9.17, 15) is 17.6 Å². The van der Waals surface area contributed by atoms with E-state index in [2.05, 4.69) is 25.5 Å². The van der Waals surface area contributed by atoms with Crippen molar-refractivity contribution in [1.29, 1.82) is 0 Å². The number of alkyl halides is 4. The molecule has 4 fully saturated rings. The fourth-order valence-corrected chi connectivity index (χ4v) is 10.7. The molecule has 0 heterocycles. The van der Waals surface area contributed by atoms with Gasteiger partial charge in [-0.25, -0.2) is 0 Å². The van der Waals surface area contributed by atoms with Crippen LogP contribution in [0.15, 0.2) is 18.2 Å². The summed E-state index contributed by atoms with van der Waals surface area (Å²) in [5, 5.41) is 0. The average Bonchev–Trinajstić information content (AvgIpc) is 3.28. The number of halogens is 4. The van der Waals surface area contributed by atoms with Crippen molar-refractivity contribution < 1.29 is 22.3 Å². The molecule has 4 N–H and O–H groups in total. The summed E-state index contributed by atoms with van der Waals surface area (Å²) in [5.41, 5.74) is 10.8. The highest BCUT2D eigenvalue weighted by molar-refractivity contribution is 5.58. The third-order valence-electron chi connectivity index (χ3n) is 13.0. The Bertz CT molecular complexity index is 1100. The molecular weight excluding hydrogens is 540 g/mol. The zero-order chi connectivity index (χ0) is 30.5. The first-order valence-corrected chi connectivity index (χ1v) is 16.8. The molecule has 0 aliphatic heterocycles. The Morgan fingerprint density at radius 1 is 0.881 bits per heavy atom. The molecule has 0 spiro atoms. The monoisotopic (exact) mass is 594 g/mol. The fourth-order valence-electron chi connectivity index (χ4n) is 10.7. The summed E-state index contributed by atoms with van der Waals surface area (Å²) < 4.78 is 63.1. The van der Waals surface area contributed by atoms with Crippen LogP contribution in [0.4, 0.5) is 28.9 Å². The highest BCUT2D eigenvalue weighted by Crippen LogP contribution is 2.68. The lowest BCUT2D eigenvalue weighted by atomic mass is 9.44. The molecule has 4 aliphatic rings. The maximum absolute atomic E-state index is 14.7. The first-order valence-electron chi connectivity index (χ1n) is 16.8. The average molecular weight is 595 g/mol. The van der Waals surface area contributed by atoms with Gasteiger partial charge in [-0.2, -0.15) is 17.6 Å². The van der Waals surface area contributed by atoms with Crippen molar-refractivity contribution in [3.8, 4) is 0 Å². The summed E-state index contributed by atoms with van der Waals surface area (Å²) >= 11 is 0. The fraction of sp³-hybridized carbons (Fsp3) is 0.829. The molecule has 42 heavy (non-hydrogen) atoms. The van der Waals surface area contributed by atoms with Gasteiger partial charge in [-0.1, -0.05) is 53.4 Å². The van der Waals surface area contributed by atoms with Crippen molar-refractivity contribution in [3.63, 3.8) is 0 Å². The number of nitrogen functional groups attached to an aromatic ring is 2. The summed E-state index contributed by atoms with van der Waals surface area (Å²) in [4.78, 5) is 0. The topological polar surface area (TPSA) is 61.3 Å². The highest BCUT2D eigenvalue weighted by atomic mass is 19.3. The number of hydrogen-bond donors (Lipinski definition) is 2. The van der Waals surface area contributed by atoms with E-state index in [0.717, 1.165) is 54.7 Å². The quantitative estimate of drug-likeness (QED) is 0.209. The number of benzene rings is 1. The van der Waals surface area contributed by atoms with Gasteiger partial charge in [0.1, 0.15) is 0 Å². The summed E-state index contributed by atoms with van der Waals surface area (Å²) in [5.74, 6) is 0.0606. The lowest BCUT2D eigenvalue weighted by molar-refractivity contribution is -0.356. The summed E-state index contributed by atoms with van der Waals surface area (Å²) in [7, 11) is 0. The van der Waals surface area contributed by atoms with Crippen LogP contribution >= 0.6 is 0 Å².